The fourth-order valence-corrected chi connectivity index (χ4v) is 4.75. The van der Waals surface area contributed by atoms with E-state index in [-0.39, 0.29) is 16.6 Å². The van der Waals surface area contributed by atoms with E-state index >= 15 is 0 Å². The lowest BCUT2D eigenvalue weighted by atomic mass is 10.2. The van der Waals surface area contributed by atoms with Gasteiger partial charge in [0, 0.05) is 10.0 Å². The molecule has 1 unspecified atom stereocenters. The minimum Gasteiger partial charge on any atom is -0.280 e. The number of benzene rings is 2. The van der Waals surface area contributed by atoms with E-state index in [1.165, 1.54) is 4.90 Å². The van der Waals surface area contributed by atoms with Gasteiger partial charge in [0.1, 0.15) is 10.4 Å². The van der Waals surface area contributed by atoms with Crippen LogP contribution in [0.25, 0.3) is 6.08 Å². The Morgan fingerprint density at radius 3 is 2.17 bits per heavy atom. The van der Waals surface area contributed by atoms with Gasteiger partial charge < -0.3 is 0 Å². The Hall–Kier alpha value is -2.19. The lowest BCUT2D eigenvalue weighted by Gasteiger charge is -2.21. The highest BCUT2D eigenvalue weighted by Gasteiger charge is 2.48. The highest BCUT2D eigenvalue weighted by molar-refractivity contribution is 8.26. The van der Waals surface area contributed by atoms with Crippen LogP contribution in [0.3, 0.4) is 0 Å². The van der Waals surface area contributed by atoms with Crippen LogP contribution in [0.15, 0.2) is 53.4 Å². The summed E-state index contributed by atoms with van der Waals surface area (Å²) in [6.07, 6.45) is 1.57. The van der Waals surface area contributed by atoms with Crippen molar-refractivity contribution in [3.63, 3.8) is 0 Å². The molecule has 2 saturated heterocycles. The molecule has 0 aliphatic carbocycles. The predicted molar refractivity (Wildman–Crippen MR) is 119 cm³/mol. The third-order valence-electron chi connectivity index (χ3n) is 4.51. The summed E-state index contributed by atoms with van der Waals surface area (Å²) in [4.78, 5) is 41.1. The van der Waals surface area contributed by atoms with Crippen molar-refractivity contribution < 1.29 is 14.4 Å². The van der Waals surface area contributed by atoms with Crippen molar-refractivity contribution in [2.75, 3.05) is 4.90 Å². The highest BCUT2D eigenvalue weighted by atomic mass is 35.5. The van der Waals surface area contributed by atoms with E-state index in [2.05, 4.69) is 0 Å². The molecule has 3 amide bonds. The van der Waals surface area contributed by atoms with Gasteiger partial charge in [-0.25, -0.2) is 4.90 Å². The van der Waals surface area contributed by atoms with Crippen molar-refractivity contribution in [2.45, 2.75) is 12.5 Å². The zero-order chi connectivity index (χ0) is 20.7. The van der Waals surface area contributed by atoms with Crippen molar-refractivity contribution in [3.05, 3.63) is 69.0 Å². The summed E-state index contributed by atoms with van der Waals surface area (Å²) in [5, 5.41) is 1.08. The standard InChI is InChI=1S/C20H12Cl2N2O3S2/c21-12-3-1-11(2-4-12)9-16-19(27)24(20(28)29-16)15-10-17(25)23(18(15)26)14-7-5-13(22)6-8-14/h1-9,15H,10H2/b16-9-. The van der Waals surface area contributed by atoms with E-state index in [0.29, 0.717) is 20.6 Å². The molecule has 29 heavy (non-hydrogen) atoms. The number of imide groups is 1. The van der Waals surface area contributed by atoms with E-state index in [9.17, 15) is 14.4 Å². The zero-order valence-corrected chi connectivity index (χ0v) is 17.8. The fourth-order valence-electron chi connectivity index (χ4n) is 3.14. The Kier molecular flexibility index (Phi) is 5.48. The number of anilines is 1. The van der Waals surface area contributed by atoms with Crippen LogP contribution in [0.2, 0.25) is 10.0 Å². The summed E-state index contributed by atoms with van der Waals surface area (Å²) in [6, 6.07) is 12.4. The first kappa shape index (κ1) is 20.1. The zero-order valence-electron chi connectivity index (χ0n) is 14.7. The van der Waals surface area contributed by atoms with Crippen LogP contribution in [-0.4, -0.2) is 33.0 Å². The molecular weight excluding hydrogens is 451 g/mol. The van der Waals surface area contributed by atoms with Crippen LogP contribution in [0.5, 0.6) is 0 Å². The maximum Gasteiger partial charge on any atom is 0.266 e. The molecule has 0 radical (unpaired) electrons. The molecular formula is C20H12Cl2N2O3S2. The first-order valence-electron chi connectivity index (χ1n) is 8.50. The number of halogens is 2. The quantitative estimate of drug-likeness (QED) is 0.381. The van der Waals surface area contributed by atoms with Crippen LogP contribution < -0.4 is 4.90 Å². The van der Waals surface area contributed by atoms with E-state index < -0.39 is 17.9 Å². The summed E-state index contributed by atoms with van der Waals surface area (Å²) in [5.41, 5.74) is 1.19. The third-order valence-corrected chi connectivity index (χ3v) is 6.34. The molecule has 5 nitrogen and oxygen atoms in total. The number of carbonyl (C=O) groups excluding carboxylic acids is 3. The summed E-state index contributed by atoms with van der Waals surface area (Å²) < 4.78 is 0.249. The second-order valence-corrected chi connectivity index (χ2v) is 8.92. The van der Waals surface area contributed by atoms with E-state index in [1.807, 2.05) is 0 Å². The summed E-state index contributed by atoms with van der Waals surface area (Å²) in [6.45, 7) is 0. The summed E-state index contributed by atoms with van der Waals surface area (Å²) >= 11 is 18.2. The van der Waals surface area contributed by atoms with Crippen LogP contribution in [-0.2, 0) is 14.4 Å². The van der Waals surface area contributed by atoms with Crippen molar-refractivity contribution in [1.29, 1.82) is 0 Å². The first-order valence-corrected chi connectivity index (χ1v) is 10.5. The first-order chi connectivity index (χ1) is 13.8. The minimum atomic E-state index is -0.957. The minimum absolute atomic E-state index is 0.123. The third kappa shape index (κ3) is 3.83. The molecule has 0 saturated carbocycles. The van der Waals surface area contributed by atoms with Gasteiger partial charge in [-0.1, -0.05) is 59.3 Å². The van der Waals surface area contributed by atoms with Crippen molar-refractivity contribution in [2.24, 2.45) is 0 Å². The van der Waals surface area contributed by atoms with Gasteiger partial charge in [0.05, 0.1) is 17.0 Å². The molecule has 4 rings (SSSR count). The molecule has 2 aliphatic rings. The maximum atomic E-state index is 13.0. The number of thiocarbonyl (C=S) groups is 1. The lowest BCUT2D eigenvalue weighted by Crippen LogP contribution is -2.44. The number of amides is 3. The van der Waals surface area contributed by atoms with Crippen molar-refractivity contribution >= 4 is 81.0 Å². The Labute approximate surface area is 186 Å². The molecule has 1 atom stereocenters. The Morgan fingerprint density at radius 1 is 0.966 bits per heavy atom. The summed E-state index contributed by atoms with van der Waals surface area (Å²) in [7, 11) is 0. The van der Waals surface area contributed by atoms with Crippen LogP contribution >= 0.6 is 47.2 Å². The van der Waals surface area contributed by atoms with Gasteiger partial charge in [-0.3, -0.25) is 19.3 Å². The largest absolute Gasteiger partial charge is 0.280 e. The topological polar surface area (TPSA) is 57.7 Å². The molecule has 2 aromatic rings. The second kappa shape index (κ2) is 7.91. The molecule has 2 fully saturated rings. The number of thioether (sulfide) groups is 1. The maximum absolute atomic E-state index is 13.0. The number of hydrogen-bond acceptors (Lipinski definition) is 5. The SMILES string of the molecule is O=C1CC(N2C(=O)/C(=C/c3ccc(Cl)cc3)SC2=S)C(=O)N1c1ccc(Cl)cc1. The van der Waals surface area contributed by atoms with Crippen molar-refractivity contribution in [3.8, 4) is 0 Å². The summed E-state index contributed by atoms with van der Waals surface area (Å²) in [5.74, 6) is -1.27. The molecule has 0 bridgehead atoms. The van der Waals surface area contributed by atoms with Crippen molar-refractivity contribution in [1.82, 2.24) is 4.90 Å². The average molecular weight is 463 g/mol. The second-order valence-electron chi connectivity index (χ2n) is 6.37. The number of nitrogens with zero attached hydrogens (tertiary/aromatic N) is 2. The van der Waals surface area contributed by atoms with Gasteiger partial charge in [0.2, 0.25) is 5.91 Å². The molecule has 9 heteroatoms. The van der Waals surface area contributed by atoms with Crippen LogP contribution in [0.4, 0.5) is 5.69 Å². The monoisotopic (exact) mass is 462 g/mol. The Balaban J connectivity index is 1.59. The van der Waals surface area contributed by atoms with Gasteiger partial charge in [0.25, 0.3) is 11.8 Å². The number of hydrogen-bond donors (Lipinski definition) is 0. The van der Waals surface area contributed by atoms with Gasteiger partial charge in [-0.05, 0) is 48.0 Å². The molecule has 0 spiro atoms. The van der Waals surface area contributed by atoms with E-state index in [4.69, 9.17) is 35.4 Å². The Morgan fingerprint density at radius 2 is 1.55 bits per heavy atom. The predicted octanol–water partition coefficient (Wildman–Crippen LogP) is 4.53. The van der Waals surface area contributed by atoms with E-state index in [1.54, 1.807) is 54.6 Å². The molecule has 2 aromatic carbocycles. The smallest absolute Gasteiger partial charge is 0.266 e. The molecule has 146 valence electrons. The number of rotatable bonds is 3. The fraction of sp³-hybridized carbons (Fsp3) is 0.100. The van der Waals surface area contributed by atoms with E-state index in [0.717, 1.165) is 22.2 Å². The van der Waals surface area contributed by atoms with Crippen LogP contribution in [0.1, 0.15) is 12.0 Å². The van der Waals surface area contributed by atoms with Crippen LogP contribution in [0, 0.1) is 0 Å². The number of carbonyl (C=O) groups is 3. The van der Waals surface area contributed by atoms with Gasteiger partial charge >= 0.3 is 0 Å². The van der Waals surface area contributed by atoms with Gasteiger partial charge in [-0.2, -0.15) is 0 Å². The molecule has 0 N–H and O–H groups in total. The highest BCUT2D eigenvalue weighted by Crippen LogP contribution is 2.37. The van der Waals surface area contributed by atoms with Gasteiger partial charge in [0.15, 0.2) is 0 Å². The van der Waals surface area contributed by atoms with Gasteiger partial charge in [-0.15, -0.1) is 0 Å². The molecule has 0 aromatic heterocycles. The molecule has 2 aliphatic heterocycles. The lowest BCUT2D eigenvalue weighted by molar-refractivity contribution is -0.129. The Bertz CT molecular complexity index is 1070. The average Bonchev–Trinajstić information content (AvgIpc) is 3.12. The normalized spacial score (nSPS) is 21.0. The molecule has 2 heterocycles.